The molecule has 0 aromatic heterocycles. The van der Waals surface area contributed by atoms with E-state index in [4.69, 9.17) is 14.7 Å². The molecule has 1 aromatic carbocycles. The van der Waals surface area contributed by atoms with Crippen molar-refractivity contribution in [2.45, 2.75) is 72.3 Å². The quantitative estimate of drug-likeness (QED) is 0.225. The summed E-state index contributed by atoms with van der Waals surface area (Å²) in [6.07, 6.45) is 1.59. The molecule has 168 valence electrons. The van der Waals surface area contributed by atoms with Crippen molar-refractivity contribution < 1.29 is 28.7 Å². The van der Waals surface area contributed by atoms with Crippen molar-refractivity contribution in [3.05, 3.63) is 35.4 Å². The van der Waals surface area contributed by atoms with Gasteiger partial charge in [0.25, 0.3) is 0 Å². The molecule has 0 bridgehead atoms. The summed E-state index contributed by atoms with van der Waals surface area (Å²) >= 11 is 0. The number of carbonyl (C=O) groups excluding carboxylic acids is 4. The normalized spacial score (nSPS) is 12.9. The summed E-state index contributed by atoms with van der Waals surface area (Å²) in [6.45, 7) is 8.23. The van der Waals surface area contributed by atoms with Crippen molar-refractivity contribution in [1.29, 1.82) is 5.26 Å². The Morgan fingerprint density at radius 3 is 2.29 bits per heavy atom. The van der Waals surface area contributed by atoms with Crippen LogP contribution in [-0.4, -0.2) is 35.7 Å². The Morgan fingerprint density at radius 2 is 1.74 bits per heavy atom. The van der Waals surface area contributed by atoms with Crippen LogP contribution in [0.5, 0.6) is 0 Å². The van der Waals surface area contributed by atoms with Crippen LogP contribution in [-0.2, 0) is 23.9 Å². The van der Waals surface area contributed by atoms with Crippen molar-refractivity contribution in [1.82, 2.24) is 0 Å². The van der Waals surface area contributed by atoms with Crippen LogP contribution in [0.4, 0.5) is 0 Å². The number of nitriles is 1. The summed E-state index contributed by atoms with van der Waals surface area (Å²) in [5.41, 5.74) is -2.55. The molecule has 0 fully saturated rings. The summed E-state index contributed by atoms with van der Waals surface area (Å²) in [6, 6.07) is 7.87. The molecule has 1 aromatic rings. The molecule has 31 heavy (non-hydrogen) atoms. The number of unbranched alkanes of at least 4 members (excludes halogenated alkanes) is 2. The molecule has 0 saturated heterocycles. The Balaban J connectivity index is 3.19. The molecule has 1 atom stereocenters. The lowest BCUT2D eigenvalue weighted by molar-refractivity contribution is -0.167. The molecule has 1 unspecified atom stereocenters. The first kappa shape index (κ1) is 26.0. The predicted octanol–water partition coefficient (Wildman–Crippen LogP) is 4.17. The molecular weight excluding hydrogens is 398 g/mol. The zero-order valence-electron chi connectivity index (χ0n) is 18.9. The predicted molar refractivity (Wildman–Crippen MR) is 114 cm³/mol. The average Bonchev–Trinajstić information content (AvgIpc) is 2.68. The summed E-state index contributed by atoms with van der Waals surface area (Å²) in [5.74, 6) is -2.50. The molecule has 0 radical (unpaired) electrons. The van der Waals surface area contributed by atoms with E-state index in [0.29, 0.717) is 25.9 Å². The van der Waals surface area contributed by atoms with Crippen molar-refractivity contribution in [3.63, 3.8) is 0 Å². The lowest BCUT2D eigenvalue weighted by atomic mass is 9.73. The second-order valence-electron chi connectivity index (χ2n) is 8.35. The minimum atomic E-state index is -2.01. The molecule has 0 amide bonds. The lowest BCUT2D eigenvalue weighted by Gasteiger charge is -2.31. The third kappa shape index (κ3) is 7.32. The Morgan fingerprint density at radius 1 is 1.06 bits per heavy atom. The fourth-order valence-electron chi connectivity index (χ4n) is 3.20. The number of esters is 2. The van der Waals surface area contributed by atoms with Crippen molar-refractivity contribution >= 4 is 23.5 Å². The van der Waals surface area contributed by atoms with Crippen LogP contribution in [0.1, 0.15) is 82.6 Å². The molecule has 0 heterocycles. The van der Waals surface area contributed by atoms with Gasteiger partial charge in [-0.05, 0) is 59.6 Å². The molecule has 7 nitrogen and oxygen atoms in total. The zero-order valence-corrected chi connectivity index (χ0v) is 18.9. The first-order valence-corrected chi connectivity index (χ1v) is 10.4. The number of hydrogen-bond acceptors (Lipinski definition) is 7. The minimum absolute atomic E-state index is 0.0459. The van der Waals surface area contributed by atoms with Crippen LogP contribution in [0.2, 0.25) is 0 Å². The molecule has 0 aliphatic rings. The number of ether oxygens (including phenoxy) is 2. The van der Waals surface area contributed by atoms with Gasteiger partial charge in [-0.1, -0.05) is 25.0 Å². The van der Waals surface area contributed by atoms with E-state index < -0.39 is 28.6 Å². The largest absolute Gasteiger partial charge is 0.466 e. The maximum absolute atomic E-state index is 13.5. The monoisotopic (exact) mass is 429 g/mol. The van der Waals surface area contributed by atoms with E-state index in [1.54, 1.807) is 27.7 Å². The van der Waals surface area contributed by atoms with Crippen LogP contribution in [0, 0.1) is 16.7 Å². The maximum atomic E-state index is 13.5. The fourth-order valence-corrected chi connectivity index (χ4v) is 3.20. The van der Waals surface area contributed by atoms with Gasteiger partial charge in [-0.2, -0.15) is 5.26 Å². The van der Waals surface area contributed by atoms with E-state index in [9.17, 15) is 19.2 Å². The van der Waals surface area contributed by atoms with Gasteiger partial charge < -0.3 is 9.47 Å². The SMILES string of the molecule is CCOC(=O)CCCCCC(C(C)=O)(C(=O)OC(C)(C)C)C(=O)c1cccc(C#N)c1. The van der Waals surface area contributed by atoms with E-state index >= 15 is 0 Å². The highest BCUT2D eigenvalue weighted by molar-refractivity contribution is 6.26. The van der Waals surface area contributed by atoms with Crippen LogP contribution >= 0.6 is 0 Å². The highest BCUT2D eigenvalue weighted by atomic mass is 16.6. The zero-order chi connectivity index (χ0) is 23.7. The summed E-state index contributed by atoms with van der Waals surface area (Å²) in [4.78, 5) is 50.9. The van der Waals surface area contributed by atoms with Crippen LogP contribution in [0.3, 0.4) is 0 Å². The Kier molecular flexibility index (Phi) is 9.57. The molecular formula is C24H31NO6. The Labute approximate surface area is 183 Å². The highest BCUT2D eigenvalue weighted by Crippen LogP contribution is 2.34. The van der Waals surface area contributed by atoms with Crippen molar-refractivity contribution in [3.8, 4) is 6.07 Å². The third-order valence-electron chi connectivity index (χ3n) is 4.73. The number of rotatable bonds is 11. The number of hydrogen-bond donors (Lipinski definition) is 0. The fraction of sp³-hybridized carbons (Fsp3) is 0.542. The average molecular weight is 430 g/mol. The third-order valence-corrected chi connectivity index (χ3v) is 4.73. The summed E-state index contributed by atoms with van der Waals surface area (Å²) < 4.78 is 10.4. The van der Waals surface area contributed by atoms with Gasteiger partial charge in [0.15, 0.2) is 17.0 Å². The number of carbonyl (C=O) groups is 4. The number of Topliss-reactive ketones (excluding diaryl/α,β-unsaturated/α-hetero) is 2. The van der Waals surface area contributed by atoms with E-state index in [1.165, 1.54) is 31.2 Å². The van der Waals surface area contributed by atoms with Gasteiger partial charge in [-0.15, -0.1) is 0 Å². The van der Waals surface area contributed by atoms with Crippen molar-refractivity contribution in [2.75, 3.05) is 6.61 Å². The first-order valence-electron chi connectivity index (χ1n) is 10.4. The number of nitrogens with zero attached hydrogens (tertiary/aromatic N) is 1. The smallest absolute Gasteiger partial charge is 0.328 e. The second kappa shape index (κ2) is 11.4. The van der Waals surface area contributed by atoms with Crippen LogP contribution in [0.25, 0.3) is 0 Å². The van der Waals surface area contributed by atoms with Crippen LogP contribution in [0.15, 0.2) is 24.3 Å². The topological polar surface area (TPSA) is 111 Å². The second-order valence-corrected chi connectivity index (χ2v) is 8.35. The maximum Gasteiger partial charge on any atom is 0.328 e. The lowest BCUT2D eigenvalue weighted by Crippen LogP contribution is -2.48. The van der Waals surface area contributed by atoms with Crippen LogP contribution < -0.4 is 0 Å². The van der Waals surface area contributed by atoms with Gasteiger partial charge in [0.1, 0.15) is 5.60 Å². The van der Waals surface area contributed by atoms with Gasteiger partial charge in [0, 0.05) is 12.0 Å². The molecule has 0 saturated carbocycles. The highest BCUT2D eigenvalue weighted by Gasteiger charge is 2.52. The van der Waals surface area contributed by atoms with Crippen molar-refractivity contribution in [2.24, 2.45) is 5.41 Å². The molecule has 0 aliphatic heterocycles. The molecule has 0 spiro atoms. The first-order chi connectivity index (χ1) is 14.5. The molecule has 1 rings (SSSR count). The van der Waals surface area contributed by atoms with Gasteiger partial charge in [-0.25, -0.2) is 0 Å². The molecule has 7 heteroatoms. The summed E-state index contributed by atoms with van der Waals surface area (Å²) in [5, 5.41) is 9.14. The number of benzene rings is 1. The molecule has 0 N–H and O–H groups in total. The van der Waals surface area contributed by atoms with E-state index in [-0.39, 0.29) is 29.9 Å². The Hall–Kier alpha value is -3.01. The van der Waals surface area contributed by atoms with Gasteiger partial charge in [-0.3, -0.25) is 19.2 Å². The van der Waals surface area contributed by atoms with E-state index in [0.717, 1.165) is 0 Å². The van der Waals surface area contributed by atoms with E-state index in [2.05, 4.69) is 0 Å². The van der Waals surface area contributed by atoms with Gasteiger partial charge in [0.05, 0.1) is 18.2 Å². The summed E-state index contributed by atoms with van der Waals surface area (Å²) in [7, 11) is 0. The van der Waals surface area contributed by atoms with Gasteiger partial charge in [0.2, 0.25) is 0 Å². The van der Waals surface area contributed by atoms with E-state index in [1.807, 2.05) is 6.07 Å². The Bertz CT molecular complexity index is 862. The van der Waals surface area contributed by atoms with Gasteiger partial charge >= 0.3 is 11.9 Å². The molecule has 0 aliphatic carbocycles. The minimum Gasteiger partial charge on any atom is -0.466 e. The standard InChI is InChI=1S/C24H31NO6/c1-6-30-20(27)13-8-7-9-14-24(17(2)26,22(29)31-23(3,4)5)21(28)19-12-10-11-18(15-19)16-25/h10-12,15H,6-9,13-14H2,1-5H3. The number of ketones is 2.